The van der Waals surface area contributed by atoms with Crippen molar-refractivity contribution in [1.82, 2.24) is 10.6 Å². The summed E-state index contributed by atoms with van der Waals surface area (Å²) in [6.07, 6.45) is 4.33. The maximum absolute atomic E-state index is 11.8. The second-order valence-electron chi connectivity index (χ2n) is 6.00. The highest BCUT2D eigenvalue weighted by atomic mass is 16.3. The van der Waals surface area contributed by atoms with Crippen LogP contribution in [0.4, 0.5) is 0 Å². The lowest BCUT2D eigenvalue weighted by Gasteiger charge is -2.31. The van der Waals surface area contributed by atoms with Gasteiger partial charge in [-0.1, -0.05) is 12.8 Å². The van der Waals surface area contributed by atoms with Crippen molar-refractivity contribution in [2.24, 2.45) is 5.92 Å². The molecule has 1 rings (SSSR count). The van der Waals surface area contributed by atoms with Crippen LogP contribution in [0.2, 0.25) is 0 Å². The van der Waals surface area contributed by atoms with Gasteiger partial charge >= 0.3 is 0 Å². The van der Waals surface area contributed by atoms with Crippen molar-refractivity contribution in [3.05, 3.63) is 0 Å². The molecule has 0 aromatic rings. The lowest BCUT2D eigenvalue weighted by molar-refractivity contribution is -0.122. The second kappa shape index (κ2) is 6.36. The molecule has 1 aliphatic carbocycles. The van der Waals surface area contributed by atoms with Crippen molar-refractivity contribution in [3.8, 4) is 0 Å². The number of aliphatic hydroxyl groups excluding tert-OH is 1. The summed E-state index contributed by atoms with van der Waals surface area (Å²) < 4.78 is 0. The second-order valence-corrected chi connectivity index (χ2v) is 6.00. The summed E-state index contributed by atoms with van der Waals surface area (Å²) in [6.45, 7) is 6.64. The molecule has 2 atom stereocenters. The van der Waals surface area contributed by atoms with Gasteiger partial charge in [-0.05, 0) is 33.6 Å². The van der Waals surface area contributed by atoms with Gasteiger partial charge in [0.15, 0.2) is 0 Å². The highest BCUT2D eigenvalue weighted by molar-refractivity contribution is 5.78. The Morgan fingerprint density at radius 3 is 2.53 bits per heavy atom. The van der Waals surface area contributed by atoms with E-state index in [1.54, 1.807) is 0 Å². The third-order valence-electron chi connectivity index (χ3n) is 3.27. The normalized spacial score (nSPS) is 25.6. The fourth-order valence-electron chi connectivity index (χ4n) is 2.22. The SMILES string of the molecule is CC(C)(C)NCC(=O)NC1CCCCC1CO. The van der Waals surface area contributed by atoms with E-state index in [4.69, 9.17) is 0 Å². The standard InChI is InChI=1S/C13H26N2O2/c1-13(2,3)14-8-12(17)15-11-7-5-4-6-10(11)9-16/h10-11,14,16H,4-9H2,1-3H3,(H,15,17). The molecule has 0 saturated heterocycles. The zero-order valence-corrected chi connectivity index (χ0v) is 11.3. The molecule has 4 heteroatoms. The van der Waals surface area contributed by atoms with Gasteiger partial charge in [0.1, 0.15) is 0 Å². The van der Waals surface area contributed by atoms with E-state index >= 15 is 0 Å². The van der Waals surface area contributed by atoms with Crippen LogP contribution >= 0.6 is 0 Å². The molecule has 3 N–H and O–H groups in total. The first kappa shape index (κ1) is 14.5. The smallest absolute Gasteiger partial charge is 0.234 e. The Morgan fingerprint density at radius 2 is 1.94 bits per heavy atom. The Balaban J connectivity index is 2.33. The van der Waals surface area contributed by atoms with Crippen LogP contribution in [0.3, 0.4) is 0 Å². The van der Waals surface area contributed by atoms with Crippen molar-refractivity contribution < 1.29 is 9.90 Å². The van der Waals surface area contributed by atoms with Crippen LogP contribution in [-0.2, 0) is 4.79 Å². The molecule has 0 aliphatic heterocycles. The number of carbonyl (C=O) groups is 1. The van der Waals surface area contributed by atoms with Crippen LogP contribution in [0.25, 0.3) is 0 Å². The van der Waals surface area contributed by atoms with Crippen molar-refractivity contribution in [2.75, 3.05) is 13.2 Å². The fourth-order valence-corrected chi connectivity index (χ4v) is 2.22. The molecule has 1 saturated carbocycles. The Bertz CT molecular complexity index is 248. The Morgan fingerprint density at radius 1 is 1.29 bits per heavy atom. The lowest BCUT2D eigenvalue weighted by atomic mass is 9.85. The van der Waals surface area contributed by atoms with E-state index in [-0.39, 0.29) is 30.0 Å². The Kier molecular flexibility index (Phi) is 5.40. The van der Waals surface area contributed by atoms with E-state index in [9.17, 15) is 9.90 Å². The van der Waals surface area contributed by atoms with Crippen LogP contribution < -0.4 is 10.6 Å². The Hall–Kier alpha value is -0.610. The molecule has 4 nitrogen and oxygen atoms in total. The summed E-state index contributed by atoms with van der Waals surface area (Å²) >= 11 is 0. The number of hydrogen-bond acceptors (Lipinski definition) is 3. The molecule has 0 radical (unpaired) electrons. The number of amides is 1. The minimum Gasteiger partial charge on any atom is -0.396 e. The number of rotatable bonds is 4. The molecular weight excluding hydrogens is 216 g/mol. The van der Waals surface area contributed by atoms with E-state index in [0.29, 0.717) is 6.54 Å². The van der Waals surface area contributed by atoms with Crippen molar-refractivity contribution in [1.29, 1.82) is 0 Å². The maximum atomic E-state index is 11.8. The van der Waals surface area contributed by atoms with Gasteiger partial charge in [0, 0.05) is 24.1 Å². The summed E-state index contributed by atoms with van der Waals surface area (Å²) in [4.78, 5) is 11.8. The molecule has 17 heavy (non-hydrogen) atoms. The molecule has 100 valence electrons. The third-order valence-corrected chi connectivity index (χ3v) is 3.27. The van der Waals surface area contributed by atoms with Gasteiger partial charge in [0.25, 0.3) is 0 Å². The van der Waals surface area contributed by atoms with Gasteiger partial charge < -0.3 is 15.7 Å². The molecular formula is C13H26N2O2. The van der Waals surface area contributed by atoms with Gasteiger partial charge in [0.2, 0.25) is 5.91 Å². The van der Waals surface area contributed by atoms with E-state index in [1.807, 2.05) is 20.8 Å². The van der Waals surface area contributed by atoms with Gasteiger partial charge in [-0.15, -0.1) is 0 Å². The van der Waals surface area contributed by atoms with Crippen LogP contribution in [-0.4, -0.2) is 35.7 Å². The Labute approximate surface area is 104 Å². The molecule has 1 fully saturated rings. The molecule has 2 unspecified atom stereocenters. The molecule has 1 amide bonds. The summed E-state index contributed by atoms with van der Waals surface area (Å²) in [7, 11) is 0. The van der Waals surface area contributed by atoms with Crippen molar-refractivity contribution in [2.45, 2.75) is 58.0 Å². The molecule has 0 aromatic heterocycles. The number of aliphatic hydroxyl groups is 1. The first-order chi connectivity index (χ1) is 7.92. The third kappa shape index (κ3) is 5.50. The van der Waals surface area contributed by atoms with Crippen LogP contribution in [0, 0.1) is 5.92 Å². The topological polar surface area (TPSA) is 61.4 Å². The van der Waals surface area contributed by atoms with Crippen molar-refractivity contribution in [3.63, 3.8) is 0 Å². The quantitative estimate of drug-likeness (QED) is 0.690. The summed E-state index contributed by atoms with van der Waals surface area (Å²) in [6, 6.07) is 0.156. The van der Waals surface area contributed by atoms with Crippen LogP contribution in [0.5, 0.6) is 0 Å². The highest BCUT2D eigenvalue weighted by Crippen LogP contribution is 2.23. The molecule has 0 heterocycles. The largest absolute Gasteiger partial charge is 0.396 e. The van der Waals surface area contributed by atoms with Gasteiger partial charge in [-0.3, -0.25) is 4.79 Å². The average molecular weight is 242 g/mol. The zero-order chi connectivity index (χ0) is 12.9. The van der Waals surface area contributed by atoms with Crippen LogP contribution in [0.1, 0.15) is 46.5 Å². The van der Waals surface area contributed by atoms with Crippen molar-refractivity contribution >= 4 is 5.91 Å². The fraction of sp³-hybridized carbons (Fsp3) is 0.923. The van der Waals surface area contributed by atoms with Gasteiger partial charge in [-0.25, -0.2) is 0 Å². The summed E-state index contributed by atoms with van der Waals surface area (Å²) in [5.74, 6) is 0.271. The predicted octanol–water partition coefficient (Wildman–Crippen LogP) is 1.04. The lowest BCUT2D eigenvalue weighted by Crippen LogP contribution is -2.49. The summed E-state index contributed by atoms with van der Waals surface area (Å²) in [5.41, 5.74) is -0.0414. The first-order valence-electron chi connectivity index (χ1n) is 6.57. The number of hydrogen-bond donors (Lipinski definition) is 3. The minimum atomic E-state index is -0.0414. The monoisotopic (exact) mass is 242 g/mol. The zero-order valence-electron chi connectivity index (χ0n) is 11.3. The molecule has 0 bridgehead atoms. The minimum absolute atomic E-state index is 0.0327. The number of nitrogens with one attached hydrogen (secondary N) is 2. The molecule has 1 aliphatic rings. The van der Waals surface area contributed by atoms with E-state index < -0.39 is 0 Å². The van der Waals surface area contributed by atoms with Gasteiger partial charge in [-0.2, -0.15) is 0 Å². The molecule has 0 aromatic carbocycles. The number of carbonyl (C=O) groups excluding carboxylic acids is 1. The maximum Gasteiger partial charge on any atom is 0.234 e. The highest BCUT2D eigenvalue weighted by Gasteiger charge is 2.25. The molecule has 0 spiro atoms. The van der Waals surface area contributed by atoms with E-state index in [0.717, 1.165) is 25.7 Å². The van der Waals surface area contributed by atoms with E-state index in [1.165, 1.54) is 0 Å². The first-order valence-corrected chi connectivity index (χ1v) is 6.57. The predicted molar refractivity (Wildman–Crippen MR) is 68.7 cm³/mol. The van der Waals surface area contributed by atoms with Gasteiger partial charge in [0.05, 0.1) is 6.54 Å². The average Bonchev–Trinajstić information content (AvgIpc) is 2.26. The van der Waals surface area contributed by atoms with E-state index in [2.05, 4.69) is 10.6 Å². The summed E-state index contributed by atoms with van der Waals surface area (Å²) in [5, 5.41) is 15.5. The van der Waals surface area contributed by atoms with Crippen LogP contribution in [0.15, 0.2) is 0 Å².